The van der Waals surface area contributed by atoms with Crippen LogP contribution in [-0.2, 0) is 16.1 Å². The number of halogens is 3. The number of alkyl halides is 3. The van der Waals surface area contributed by atoms with Crippen LogP contribution in [0.3, 0.4) is 0 Å². The quantitative estimate of drug-likeness (QED) is 0.751. The van der Waals surface area contributed by atoms with E-state index in [9.17, 15) is 22.8 Å². The van der Waals surface area contributed by atoms with E-state index in [0.29, 0.717) is 23.5 Å². The predicted molar refractivity (Wildman–Crippen MR) is 106 cm³/mol. The van der Waals surface area contributed by atoms with Crippen molar-refractivity contribution in [3.63, 3.8) is 0 Å². The SMILES string of the molecule is CC(=O)N1c2ccc(-c3cnn(CCC(F)(F)F)c3)cc2N(C(=O)C2CC2)CC1C. The molecule has 2 amide bonds. The number of anilines is 2. The Labute approximate surface area is 172 Å². The Kier molecular flexibility index (Phi) is 5.07. The fourth-order valence-electron chi connectivity index (χ4n) is 3.92. The first-order valence-corrected chi connectivity index (χ1v) is 9.99. The summed E-state index contributed by atoms with van der Waals surface area (Å²) in [5.74, 6) is -0.0120. The molecule has 4 rings (SSSR count). The van der Waals surface area contributed by atoms with E-state index in [1.54, 1.807) is 28.1 Å². The molecule has 0 saturated heterocycles. The minimum Gasteiger partial charge on any atom is -0.308 e. The van der Waals surface area contributed by atoms with Crippen molar-refractivity contribution in [1.29, 1.82) is 0 Å². The van der Waals surface area contributed by atoms with Gasteiger partial charge in [-0.2, -0.15) is 18.3 Å². The lowest BCUT2D eigenvalue weighted by atomic mass is 10.0. The summed E-state index contributed by atoms with van der Waals surface area (Å²) in [6, 6.07) is 5.27. The van der Waals surface area contributed by atoms with Gasteiger partial charge < -0.3 is 9.80 Å². The molecule has 0 N–H and O–H groups in total. The highest BCUT2D eigenvalue weighted by atomic mass is 19.4. The van der Waals surface area contributed by atoms with E-state index in [4.69, 9.17) is 0 Å². The van der Waals surface area contributed by atoms with Crippen molar-refractivity contribution in [2.45, 2.75) is 51.9 Å². The van der Waals surface area contributed by atoms with E-state index in [0.717, 1.165) is 18.4 Å². The molecule has 6 nitrogen and oxygen atoms in total. The fourth-order valence-corrected chi connectivity index (χ4v) is 3.92. The molecule has 0 spiro atoms. The average molecular weight is 420 g/mol. The summed E-state index contributed by atoms with van der Waals surface area (Å²) in [6.45, 7) is 3.57. The van der Waals surface area contributed by atoms with Crippen LogP contribution in [0.25, 0.3) is 11.1 Å². The molecule has 1 aliphatic carbocycles. The lowest BCUT2D eigenvalue weighted by Gasteiger charge is -2.41. The molecule has 1 aromatic carbocycles. The molecule has 2 aromatic rings. The Morgan fingerprint density at radius 2 is 1.90 bits per heavy atom. The Bertz CT molecular complexity index is 981. The molecule has 9 heteroatoms. The number of fused-ring (bicyclic) bond motifs is 1. The van der Waals surface area contributed by atoms with Crippen LogP contribution in [-0.4, -0.2) is 40.4 Å². The minimum atomic E-state index is -4.24. The molecule has 0 bridgehead atoms. The second kappa shape index (κ2) is 7.45. The number of rotatable bonds is 4. The second-order valence-corrected chi connectivity index (χ2v) is 8.02. The molecule has 2 heterocycles. The van der Waals surface area contributed by atoms with Crippen molar-refractivity contribution in [1.82, 2.24) is 9.78 Å². The third-order valence-electron chi connectivity index (χ3n) is 5.54. The molecule has 1 aromatic heterocycles. The summed E-state index contributed by atoms with van der Waals surface area (Å²) in [4.78, 5) is 28.5. The van der Waals surface area contributed by atoms with Gasteiger partial charge in [-0.25, -0.2) is 0 Å². The maximum atomic E-state index is 12.9. The first-order valence-electron chi connectivity index (χ1n) is 9.99. The van der Waals surface area contributed by atoms with E-state index in [2.05, 4.69) is 5.10 Å². The maximum absolute atomic E-state index is 12.9. The number of carbonyl (C=O) groups excluding carboxylic acids is 2. The van der Waals surface area contributed by atoms with E-state index in [-0.39, 0.29) is 30.3 Å². The third-order valence-corrected chi connectivity index (χ3v) is 5.54. The number of carbonyl (C=O) groups is 2. The highest BCUT2D eigenvalue weighted by Gasteiger charge is 2.39. The van der Waals surface area contributed by atoms with Crippen molar-refractivity contribution >= 4 is 23.2 Å². The van der Waals surface area contributed by atoms with Crippen LogP contribution in [0.15, 0.2) is 30.6 Å². The van der Waals surface area contributed by atoms with Gasteiger partial charge in [-0.3, -0.25) is 14.3 Å². The average Bonchev–Trinajstić information content (AvgIpc) is 3.41. The second-order valence-electron chi connectivity index (χ2n) is 8.02. The summed E-state index contributed by atoms with van der Waals surface area (Å²) in [5, 5.41) is 4.03. The smallest absolute Gasteiger partial charge is 0.308 e. The molecule has 1 saturated carbocycles. The van der Waals surface area contributed by atoms with Crippen LogP contribution in [0.2, 0.25) is 0 Å². The minimum absolute atomic E-state index is 0.0303. The first-order chi connectivity index (χ1) is 14.1. The molecular weight excluding hydrogens is 397 g/mol. The summed E-state index contributed by atoms with van der Waals surface area (Å²) < 4.78 is 38.7. The number of hydrogen-bond donors (Lipinski definition) is 0. The van der Waals surface area contributed by atoms with Gasteiger partial charge in [0.25, 0.3) is 0 Å². The summed E-state index contributed by atoms with van der Waals surface area (Å²) in [7, 11) is 0. The number of nitrogens with zero attached hydrogens (tertiary/aromatic N) is 4. The van der Waals surface area contributed by atoms with Crippen LogP contribution < -0.4 is 9.80 Å². The van der Waals surface area contributed by atoms with E-state index < -0.39 is 12.6 Å². The Morgan fingerprint density at radius 1 is 1.17 bits per heavy atom. The molecule has 1 atom stereocenters. The maximum Gasteiger partial charge on any atom is 0.390 e. The third kappa shape index (κ3) is 4.06. The van der Waals surface area contributed by atoms with E-state index in [1.807, 2.05) is 13.0 Å². The van der Waals surface area contributed by atoms with Gasteiger partial charge in [-0.05, 0) is 37.5 Å². The summed E-state index contributed by atoms with van der Waals surface area (Å²) >= 11 is 0. The van der Waals surface area contributed by atoms with Gasteiger partial charge in [0.2, 0.25) is 11.8 Å². The highest BCUT2D eigenvalue weighted by molar-refractivity contribution is 6.06. The van der Waals surface area contributed by atoms with Gasteiger partial charge in [-0.1, -0.05) is 6.07 Å². The monoisotopic (exact) mass is 420 g/mol. The summed E-state index contributed by atoms with van der Waals surface area (Å²) in [6.07, 6.45) is -0.363. The van der Waals surface area contributed by atoms with Crippen LogP contribution in [0.4, 0.5) is 24.5 Å². The van der Waals surface area contributed by atoms with Crippen LogP contribution in [0.5, 0.6) is 0 Å². The molecular formula is C21H23F3N4O2. The van der Waals surface area contributed by atoms with Gasteiger partial charge in [0.15, 0.2) is 0 Å². The molecule has 2 aliphatic rings. The number of hydrogen-bond acceptors (Lipinski definition) is 3. The molecule has 30 heavy (non-hydrogen) atoms. The topological polar surface area (TPSA) is 58.4 Å². The zero-order valence-corrected chi connectivity index (χ0v) is 16.8. The van der Waals surface area contributed by atoms with Crippen LogP contribution in [0, 0.1) is 5.92 Å². The molecule has 160 valence electrons. The lowest BCUT2D eigenvalue weighted by molar-refractivity contribution is -0.137. The molecule has 0 radical (unpaired) electrons. The lowest BCUT2D eigenvalue weighted by Crippen LogP contribution is -2.51. The first kappa shape index (κ1) is 20.4. The van der Waals surface area contributed by atoms with Crippen molar-refractivity contribution in [3.8, 4) is 11.1 Å². The van der Waals surface area contributed by atoms with Gasteiger partial charge in [0, 0.05) is 37.7 Å². The predicted octanol–water partition coefficient (Wildman–Crippen LogP) is 4.00. The molecule has 1 fully saturated rings. The molecule has 1 aliphatic heterocycles. The Balaban J connectivity index is 1.67. The fraction of sp³-hybridized carbons (Fsp3) is 0.476. The number of benzene rings is 1. The Morgan fingerprint density at radius 3 is 2.53 bits per heavy atom. The molecule has 1 unspecified atom stereocenters. The number of aromatic nitrogens is 2. The summed E-state index contributed by atoms with van der Waals surface area (Å²) in [5.41, 5.74) is 2.72. The van der Waals surface area contributed by atoms with E-state index in [1.165, 1.54) is 17.8 Å². The van der Waals surface area contributed by atoms with Gasteiger partial charge in [0.05, 0.1) is 30.0 Å². The van der Waals surface area contributed by atoms with Gasteiger partial charge in [-0.15, -0.1) is 0 Å². The van der Waals surface area contributed by atoms with Crippen molar-refractivity contribution in [3.05, 3.63) is 30.6 Å². The zero-order chi connectivity index (χ0) is 21.6. The Hall–Kier alpha value is -2.84. The van der Waals surface area contributed by atoms with Crippen molar-refractivity contribution in [2.24, 2.45) is 5.92 Å². The largest absolute Gasteiger partial charge is 0.390 e. The van der Waals surface area contributed by atoms with Crippen LogP contribution in [0.1, 0.15) is 33.1 Å². The van der Waals surface area contributed by atoms with E-state index >= 15 is 0 Å². The number of amides is 2. The van der Waals surface area contributed by atoms with Crippen molar-refractivity contribution < 1.29 is 22.8 Å². The standard InChI is InChI=1S/C21H23F3N4O2/c1-13-11-27(20(30)15-3-4-15)19-9-16(5-6-18(19)28(13)14(2)29)17-10-25-26(12-17)8-7-21(22,23)24/h5-6,9-10,12-13,15H,3-4,7-8,11H2,1-2H3. The zero-order valence-electron chi connectivity index (χ0n) is 16.8. The number of aryl methyl sites for hydroxylation is 1. The normalized spacial score (nSPS) is 19.0. The highest BCUT2D eigenvalue weighted by Crippen LogP contribution is 2.42. The van der Waals surface area contributed by atoms with Gasteiger partial charge >= 0.3 is 6.18 Å². The van der Waals surface area contributed by atoms with Crippen LogP contribution >= 0.6 is 0 Å². The van der Waals surface area contributed by atoms with Gasteiger partial charge in [0.1, 0.15) is 0 Å². The van der Waals surface area contributed by atoms with Crippen molar-refractivity contribution in [2.75, 3.05) is 16.3 Å².